The Morgan fingerprint density at radius 2 is 2.29 bits per heavy atom. The number of ether oxygens (including phenoxy) is 1. The normalized spacial score (nSPS) is 16.0. The quantitative estimate of drug-likeness (QED) is 0.759. The van der Waals surface area contributed by atoms with Crippen LogP contribution in [0.25, 0.3) is 0 Å². The van der Waals surface area contributed by atoms with Gasteiger partial charge in [-0.25, -0.2) is 0 Å². The molecule has 1 unspecified atom stereocenters. The van der Waals surface area contributed by atoms with Gasteiger partial charge in [0.25, 0.3) is 0 Å². The minimum absolute atomic E-state index is 0.0769. The van der Waals surface area contributed by atoms with Gasteiger partial charge in [0.15, 0.2) is 0 Å². The van der Waals surface area contributed by atoms with Crippen molar-refractivity contribution in [3.63, 3.8) is 0 Å². The lowest BCUT2D eigenvalue weighted by Gasteiger charge is -2.28. The van der Waals surface area contributed by atoms with Gasteiger partial charge in [0.1, 0.15) is 0 Å². The van der Waals surface area contributed by atoms with Crippen molar-refractivity contribution in [3.8, 4) is 0 Å². The summed E-state index contributed by atoms with van der Waals surface area (Å²) in [5.74, 6) is -0.0769. The largest absolute Gasteiger partial charge is 0.397 e. The molecule has 0 aliphatic heterocycles. The molecule has 1 amide bonds. The summed E-state index contributed by atoms with van der Waals surface area (Å²) in [4.78, 5) is 14.6. The van der Waals surface area contributed by atoms with E-state index in [9.17, 15) is 4.79 Å². The molecule has 5 nitrogen and oxygen atoms in total. The summed E-state index contributed by atoms with van der Waals surface area (Å²) < 4.78 is 5.12. The van der Waals surface area contributed by atoms with Gasteiger partial charge in [-0.2, -0.15) is 0 Å². The van der Waals surface area contributed by atoms with Gasteiger partial charge in [0.05, 0.1) is 24.0 Å². The van der Waals surface area contributed by atoms with E-state index in [0.717, 1.165) is 19.4 Å². The molecule has 3 N–H and O–H groups in total. The first-order valence-electron chi connectivity index (χ1n) is 7.13. The average molecular weight is 312 g/mol. The second-order valence-electron chi connectivity index (χ2n) is 5.36. The van der Waals surface area contributed by atoms with E-state index in [1.165, 1.54) is 0 Å². The number of rotatable bonds is 7. The van der Waals surface area contributed by atoms with Crippen molar-refractivity contribution in [2.45, 2.75) is 31.8 Å². The number of hydrogen-bond acceptors (Lipinski definition) is 4. The van der Waals surface area contributed by atoms with Gasteiger partial charge in [0, 0.05) is 24.7 Å². The smallest absolute Gasteiger partial charge is 0.241 e. The summed E-state index contributed by atoms with van der Waals surface area (Å²) in [6, 6.07) is 5.30. The third kappa shape index (κ3) is 4.33. The maximum absolute atomic E-state index is 12.4. The van der Waals surface area contributed by atoms with Gasteiger partial charge in [-0.1, -0.05) is 11.6 Å². The Hall–Kier alpha value is -1.30. The van der Waals surface area contributed by atoms with Gasteiger partial charge < -0.3 is 15.8 Å². The molecule has 1 aliphatic rings. The zero-order chi connectivity index (χ0) is 15.4. The van der Waals surface area contributed by atoms with Crippen LogP contribution in [0.4, 0.5) is 11.4 Å². The topological polar surface area (TPSA) is 67.6 Å². The minimum Gasteiger partial charge on any atom is -0.397 e. The fourth-order valence-electron chi connectivity index (χ4n) is 2.32. The Labute approximate surface area is 130 Å². The maximum atomic E-state index is 12.4. The van der Waals surface area contributed by atoms with E-state index in [2.05, 4.69) is 10.2 Å². The molecule has 1 aliphatic carbocycles. The number of nitrogens with two attached hydrogens (primary N) is 1. The lowest BCUT2D eigenvalue weighted by molar-refractivity contribution is -0.121. The number of nitrogens with one attached hydrogen (secondary N) is 1. The monoisotopic (exact) mass is 311 g/mol. The third-order valence-electron chi connectivity index (χ3n) is 3.72. The number of carbonyl (C=O) groups excluding carboxylic acids is 1. The number of amides is 1. The third-order valence-corrected chi connectivity index (χ3v) is 3.95. The summed E-state index contributed by atoms with van der Waals surface area (Å²) >= 11 is 5.94. The van der Waals surface area contributed by atoms with Gasteiger partial charge in [0.2, 0.25) is 5.91 Å². The minimum atomic E-state index is -0.231. The van der Waals surface area contributed by atoms with Crippen LogP contribution in [0.5, 0.6) is 0 Å². The molecule has 6 heteroatoms. The highest BCUT2D eigenvalue weighted by Gasteiger charge is 2.34. The van der Waals surface area contributed by atoms with E-state index < -0.39 is 0 Å². The molecule has 0 aromatic heterocycles. The number of nitrogens with zero attached hydrogens (tertiary/aromatic N) is 1. The average Bonchev–Trinajstić information content (AvgIpc) is 3.27. The SMILES string of the molecule is COCCN(C1CC1)C(C)C(=O)Nc1cc(Cl)ccc1N. The van der Waals surface area contributed by atoms with Crippen molar-refractivity contribution >= 4 is 28.9 Å². The molecule has 0 radical (unpaired) electrons. The Bertz CT molecular complexity index is 506. The molecule has 21 heavy (non-hydrogen) atoms. The predicted octanol–water partition coefficient (Wildman–Crippen LogP) is 2.36. The van der Waals surface area contributed by atoms with E-state index >= 15 is 0 Å². The van der Waals surface area contributed by atoms with Crippen molar-refractivity contribution < 1.29 is 9.53 Å². The van der Waals surface area contributed by atoms with Crippen LogP contribution in [0.2, 0.25) is 5.02 Å². The van der Waals surface area contributed by atoms with Gasteiger partial charge in [-0.15, -0.1) is 0 Å². The standard InChI is InChI=1S/C15H22ClN3O2/c1-10(19(7-8-21-2)12-4-5-12)15(20)18-14-9-11(16)3-6-13(14)17/h3,6,9-10,12H,4-5,7-8,17H2,1-2H3,(H,18,20). The second kappa shape index (κ2) is 7.11. The highest BCUT2D eigenvalue weighted by Crippen LogP contribution is 2.29. The van der Waals surface area contributed by atoms with E-state index in [-0.39, 0.29) is 11.9 Å². The molecule has 1 aromatic rings. The summed E-state index contributed by atoms with van der Waals surface area (Å²) in [5.41, 5.74) is 6.93. The Kier molecular flexibility index (Phi) is 5.45. The first-order chi connectivity index (χ1) is 10.0. The van der Waals surface area contributed by atoms with Crippen molar-refractivity contribution in [2.75, 3.05) is 31.3 Å². The van der Waals surface area contributed by atoms with E-state index in [1.54, 1.807) is 25.3 Å². The number of anilines is 2. The van der Waals surface area contributed by atoms with E-state index in [1.807, 2.05) is 6.92 Å². The number of methoxy groups -OCH3 is 1. The second-order valence-corrected chi connectivity index (χ2v) is 5.80. The number of benzene rings is 1. The van der Waals surface area contributed by atoms with Crippen LogP contribution >= 0.6 is 11.6 Å². The highest BCUT2D eigenvalue weighted by atomic mass is 35.5. The molecule has 1 fully saturated rings. The summed E-state index contributed by atoms with van der Waals surface area (Å²) in [7, 11) is 1.67. The molecular weight excluding hydrogens is 290 g/mol. The molecule has 1 atom stereocenters. The fraction of sp³-hybridized carbons (Fsp3) is 0.533. The van der Waals surface area contributed by atoms with Gasteiger partial charge >= 0.3 is 0 Å². The van der Waals surface area contributed by atoms with Crippen LogP contribution in [0.3, 0.4) is 0 Å². The van der Waals surface area contributed by atoms with Gasteiger partial charge in [-0.3, -0.25) is 9.69 Å². The summed E-state index contributed by atoms with van der Waals surface area (Å²) in [6.07, 6.45) is 2.28. The van der Waals surface area contributed by atoms with Crippen LogP contribution in [-0.4, -0.2) is 43.2 Å². The van der Waals surface area contributed by atoms with Crippen molar-refractivity contribution in [3.05, 3.63) is 23.2 Å². The molecule has 0 bridgehead atoms. The molecule has 116 valence electrons. The Morgan fingerprint density at radius 3 is 2.90 bits per heavy atom. The van der Waals surface area contributed by atoms with Crippen LogP contribution in [-0.2, 0) is 9.53 Å². The number of halogens is 1. The van der Waals surface area contributed by atoms with E-state index in [4.69, 9.17) is 22.1 Å². The lowest BCUT2D eigenvalue weighted by atomic mass is 10.2. The number of nitrogen functional groups attached to an aromatic ring is 1. The van der Waals surface area contributed by atoms with Crippen molar-refractivity contribution in [2.24, 2.45) is 0 Å². The molecule has 0 saturated heterocycles. The number of carbonyl (C=O) groups is 1. The van der Waals surface area contributed by atoms with Crippen molar-refractivity contribution in [1.29, 1.82) is 0 Å². The lowest BCUT2D eigenvalue weighted by Crippen LogP contribution is -2.45. The maximum Gasteiger partial charge on any atom is 0.241 e. The molecule has 0 spiro atoms. The van der Waals surface area contributed by atoms with E-state index in [0.29, 0.717) is 29.0 Å². The predicted molar refractivity (Wildman–Crippen MR) is 85.6 cm³/mol. The summed E-state index contributed by atoms with van der Waals surface area (Å²) in [6.45, 7) is 3.28. The van der Waals surface area contributed by atoms with Crippen molar-refractivity contribution in [1.82, 2.24) is 4.90 Å². The van der Waals surface area contributed by atoms with Crippen LogP contribution in [0.1, 0.15) is 19.8 Å². The molecule has 2 rings (SSSR count). The van der Waals surface area contributed by atoms with Crippen LogP contribution in [0, 0.1) is 0 Å². The zero-order valence-corrected chi connectivity index (χ0v) is 13.2. The van der Waals surface area contributed by atoms with Gasteiger partial charge in [-0.05, 0) is 38.0 Å². The first-order valence-corrected chi connectivity index (χ1v) is 7.51. The fourth-order valence-corrected chi connectivity index (χ4v) is 2.49. The van der Waals surface area contributed by atoms with Crippen LogP contribution in [0.15, 0.2) is 18.2 Å². The van der Waals surface area contributed by atoms with Crippen LogP contribution < -0.4 is 11.1 Å². The molecule has 1 saturated carbocycles. The first kappa shape index (κ1) is 16.1. The molecular formula is C15H22ClN3O2. The number of hydrogen-bond donors (Lipinski definition) is 2. The Morgan fingerprint density at radius 1 is 1.57 bits per heavy atom. The highest BCUT2D eigenvalue weighted by molar-refractivity contribution is 6.31. The zero-order valence-electron chi connectivity index (χ0n) is 12.4. The summed E-state index contributed by atoms with van der Waals surface area (Å²) in [5, 5.41) is 3.41. The Balaban J connectivity index is 2.02. The molecule has 0 heterocycles. The molecule has 1 aromatic carbocycles.